The van der Waals surface area contributed by atoms with Crippen LogP contribution in [0, 0.1) is 5.92 Å². The minimum absolute atomic E-state index is 0.807. The predicted molar refractivity (Wildman–Crippen MR) is 58.6 cm³/mol. The number of rotatable bonds is 4. The second-order valence-corrected chi connectivity index (χ2v) is 4.55. The van der Waals surface area contributed by atoms with Gasteiger partial charge in [0.1, 0.15) is 0 Å². The van der Waals surface area contributed by atoms with Crippen LogP contribution in [0.2, 0.25) is 0 Å². The third-order valence-electron chi connectivity index (χ3n) is 2.81. The summed E-state index contributed by atoms with van der Waals surface area (Å²) in [4.78, 5) is 2.48. The van der Waals surface area contributed by atoms with Crippen molar-refractivity contribution in [3.63, 3.8) is 0 Å². The van der Waals surface area contributed by atoms with Crippen molar-refractivity contribution in [1.82, 2.24) is 4.90 Å². The van der Waals surface area contributed by atoms with Gasteiger partial charge in [0.2, 0.25) is 0 Å². The summed E-state index contributed by atoms with van der Waals surface area (Å²) in [5, 5.41) is 0. The van der Waals surface area contributed by atoms with Gasteiger partial charge in [-0.05, 0) is 38.0 Å². The van der Waals surface area contributed by atoms with Crippen molar-refractivity contribution in [2.45, 2.75) is 46.0 Å². The molecule has 13 heavy (non-hydrogen) atoms. The van der Waals surface area contributed by atoms with E-state index in [0.29, 0.717) is 0 Å². The molecule has 0 spiro atoms. The lowest BCUT2D eigenvalue weighted by atomic mass is 10.0. The minimum atomic E-state index is 0.807. The Balaban J connectivity index is 2.21. The zero-order valence-corrected chi connectivity index (χ0v) is 9.18. The second-order valence-electron chi connectivity index (χ2n) is 4.55. The molecule has 1 fully saturated rings. The number of nitrogens with zero attached hydrogens (tertiary/aromatic N) is 1. The van der Waals surface area contributed by atoms with Gasteiger partial charge in [-0.25, -0.2) is 0 Å². The number of allylic oxidation sites excluding steroid dienone is 1. The molecule has 0 amide bonds. The first kappa shape index (κ1) is 10.6. The van der Waals surface area contributed by atoms with Gasteiger partial charge < -0.3 is 4.90 Å². The molecule has 0 bridgehead atoms. The summed E-state index contributed by atoms with van der Waals surface area (Å²) in [6.45, 7) is 11.2. The van der Waals surface area contributed by atoms with E-state index in [9.17, 15) is 0 Å². The molecule has 1 aliphatic rings. The van der Waals surface area contributed by atoms with Gasteiger partial charge in [0.15, 0.2) is 0 Å². The van der Waals surface area contributed by atoms with Crippen molar-refractivity contribution >= 4 is 0 Å². The molecule has 0 saturated carbocycles. The highest BCUT2D eigenvalue weighted by Crippen LogP contribution is 2.18. The Kier molecular flexibility index (Phi) is 4.34. The van der Waals surface area contributed by atoms with Gasteiger partial charge in [-0.2, -0.15) is 0 Å². The van der Waals surface area contributed by atoms with Crippen molar-refractivity contribution < 1.29 is 0 Å². The van der Waals surface area contributed by atoms with E-state index in [4.69, 9.17) is 0 Å². The minimum Gasteiger partial charge on any atom is -0.375 e. The fraction of sp³-hybridized carbons (Fsp3) is 0.833. The van der Waals surface area contributed by atoms with Crippen LogP contribution in [-0.4, -0.2) is 18.0 Å². The molecule has 0 aromatic carbocycles. The monoisotopic (exact) mass is 181 g/mol. The lowest BCUT2D eigenvalue weighted by Gasteiger charge is -2.30. The number of likely N-dealkylation sites (tertiary alicyclic amines) is 1. The van der Waals surface area contributed by atoms with E-state index < -0.39 is 0 Å². The molecule has 1 saturated heterocycles. The molecule has 0 unspecified atom stereocenters. The van der Waals surface area contributed by atoms with Crippen LogP contribution in [0.3, 0.4) is 0 Å². The summed E-state index contributed by atoms with van der Waals surface area (Å²) in [5.74, 6) is 0.807. The van der Waals surface area contributed by atoms with Crippen molar-refractivity contribution in [3.8, 4) is 0 Å². The lowest BCUT2D eigenvalue weighted by Crippen LogP contribution is -2.28. The average Bonchev–Trinajstić information content (AvgIpc) is 2.15. The predicted octanol–water partition coefficient (Wildman–Crippen LogP) is 3.42. The Morgan fingerprint density at radius 2 is 1.85 bits per heavy atom. The van der Waals surface area contributed by atoms with Gasteiger partial charge in [-0.15, -0.1) is 0 Å². The molecule has 0 radical (unpaired) electrons. The Hall–Kier alpha value is -0.460. The van der Waals surface area contributed by atoms with E-state index in [1.165, 1.54) is 50.9 Å². The van der Waals surface area contributed by atoms with E-state index in [2.05, 4.69) is 25.3 Å². The van der Waals surface area contributed by atoms with Crippen LogP contribution in [0.4, 0.5) is 0 Å². The Bertz CT molecular complexity index is 155. The molecule has 0 N–H and O–H groups in total. The fourth-order valence-electron chi connectivity index (χ4n) is 1.82. The van der Waals surface area contributed by atoms with Crippen LogP contribution in [0.15, 0.2) is 12.3 Å². The summed E-state index contributed by atoms with van der Waals surface area (Å²) < 4.78 is 0. The summed E-state index contributed by atoms with van der Waals surface area (Å²) in [7, 11) is 0. The van der Waals surface area contributed by atoms with E-state index in [1.54, 1.807) is 0 Å². The molecule has 0 aliphatic carbocycles. The Labute approximate surface area is 82.8 Å². The molecule has 1 aliphatic heterocycles. The van der Waals surface area contributed by atoms with Crippen LogP contribution in [0.5, 0.6) is 0 Å². The van der Waals surface area contributed by atoms with E-state index >= 15 is 0 Å². The van der Waals surface area contributed by atoms with Crippen LogP contribution in [0.1, 0.15) is 46.0 Å². The summed E-state index contributed by atoms with van der Waals surface area (Å²) in [6.07, 6.45) is 6.61. The molecular weight excluding hydrogens is 158 g/mol. The van der Waals surface area contributed by atoms with Crippen molar-refractivity contribution in [3.05, 3.63) is 12.3 Å². The molecule has 0 aromatic heterocycles. The molecular formula is C12H23N. The summed E-state index contributed by atoms with van der Waals surface area (Å²) >= 11 is 0. The zero-order chi connectivity index (χ0) is 9.68. The largest absolute Gasteiger partial charge is 0.375 e. The van der Waals surface area contributed by atoms with Crippen LogP contribution in [0.25, 0.3) is 0 Å². The van der Waals surface area contributed by atoms with Gasteiger partial charge in [-0.3, -0.25) is 0 Å². The SMILES string of the molecule is C=C(CCC(C)C)N1CCCCC1. The van der Waals surface area contributed by atoms with Crippen molar-refractivity contribution in [2.24, 2.45) is 5.92 Å². The zero-order valence-electron chi connectivity index (χ0n) is 9.18. The number of piperidine rings is 1. The maximum absolute atomic E-state index is 4.18. The van der Waals surface area contributed by atoms with Crippen LogP contribution < -0.4 is 0 Å². The highest BCUT2D eigenvalue weighted by atomic mass is 15.1. The van der Waals surface area contributed by atoms with Crippen molar-refractivity contribution in [1.29, 1.82) is 0 Å². The molecule has 1 heteroatoms. The Morgan fingerprint density at radius 1 is 1.23 bits per heavy atom. The maximum Gasteiger partial charge on any atom is 0.0174 e. The third kappa shape index (κ3) is 3.84. The van der Waals surface area contributed by atoms with Gasteiger partial charge in [0.05, 0.1) is 0 Å². The van der Waals surface area contributed by atoms with Gasteiger partial charge in [0, 0.05) is 18.8 Å². The first-order chi connectivity index (χ1) is 6.20. The van der Waals surface area contributed by atoms with Crippen LogP contribution >= 0.6 is 0 Å². The molecule has 1 nitrogen and oxygen atoms in total. The number of hydrogen-bond acceptors (Lipinski definition) is 1. The normalized spacial score (nSPS) is 17.9. The molecule has 1 rings (SSSR count). The summed E-state index contributed by atoms with van der Waals surface area (Å²) in [5.41, 5.74) is 1.37. The van der Waals surface area contributed by atoms with Gasteiger partial charge in [0.25, 0.3) is 0 Å². The van der Waals surface area contributed by atoms with E-state index in [-0.39, 0.29) is 0 Å². The second kappa shape index (κ2) is 5.31. The smallest absolute Gasteiger partial charge is 0.0174 e. The molecule has 76 valence electrons. The fourth-order valence-corrected chi connectivity index (χ4v) is 1.82. The Morgan fingerprint density at radius 3 is 2.38 bits per heavy atom. The topological polar surface area (TPSA) is 3.24 Å². The van der Waals surface area contributed by atoms with Crippen molar-refractivity contribution in [2.75, 3.05) is 13.1 Å². The number of hydrogen-bond donors (Lipinski definition) is 0. The lowest BCUT2D eigenvalue weighted by molar-refractivity contribution is 0.274. The molecule has 0 aromatic rings. The first-order valence-electron chi connectivity index (χ1n) is 5.63. The standard InChI is InChI=1S/C12H23N/c1-11(2)7-8-12(3)13-9-5-4-6-10-13/h11H,3-10H2,1-2H3. The quantitative estimate of drug-likeness (QED) is 0.642. The highest BCUT2D eigenvalue weighted by Gasteiger charge is 2.11. The maximum atomic E-state index is 4.18. The van der Waals surface area contributed by atoms with Crippen LogP contribution in [-0.2, 0) is 0 Å². The van der Waals surface area contributed by atoms with E-state index in [0.717, 1.165) is 5.92 Å². The van der Waals surface area contributed by atoms with E-state index in [1.807, 2.05) is 0 Å². The van der Waals surface area contributed by atoms with Gasteiger partial charge >= 0.3 is 0 Å². The molecule has 0 atom stereocenters. The average molecular weight is 181 g/mol. The molecule has 1 heterocycles. The van der Waals surface area contributed by atoms with Gasteiger partial charge in [-0.1, -0.05) is 20.4 Å². The highest BCUT2D eigenvalue weighted by molar-refractivity contribution is 4.95. The third-order valence-corrected chi connectivity index (χ3v) is 2.81. The summed E-state index contributed by atoms with van der Waals surface area (Å²) in [6, 6.07) is 0. The first-order valence-corrected chi connectivity index (χ1v) is 5.63.